The molecule has 3 heterocycles. The molecular formula is C17H19FN4O2S. The Hall–Kier alpha value is -2.03. The lowest BCUT2D eigenvalue weighted by Gasteiger charge is -2.34. The van der Waals surface area contributed by atoms with Gasteiger partial charge in [0, 0.05) is 25.1 Å². The largest absolute Gasteiger partial charge is 0.492 e. The average Bonchev–Trinajstić information content (AvgIpc) is 3.18. The maximum absolute atomic E-state index is 14.5. The van der Waals surface area contributed by atoms with Gasteiger partial charge in [0.15, 0.2) is 5.82 Å². The molecule has 2 aromatic heterocycles. The van der Waals surface area contributed by atoms with Gasteiger partial charge >= 0.3 is 0 Å². The van der Waals surface area contributed by atoms with E-state index in [4.69, 9.17) is 4.74 Å². The van der Waals surface area contributed by atoms with E-state index < -0.39 is 0 Å². The van der Waals surface area contributed by atoms with Crippen LogP contribution in [0.3, 0.4) is 0 Å². The van der Waals surface area contributed by atoms with Crippen LogP contribution in [0.15, 0.2) is 24.3 Å². The van der Waals surface area contributed by atoms with Gasteiger partial charge in [-0.25, -0.2) is 9.37 Å². The maximum atomic E-state index is 14.5. The minimum absolute atomic E-state index is 0.0342. The summed E-state index contributed by atoms with van der Waals surface area (Å²) in [6, 6.07) is 6.32. The quantitative estimate of drug-likeness (QED) is 0.773. The Labute approximate surface area is 148 Å². The number of rotatable bonds is 4. The summed E-state index contributed by atoms with van der Waals surface area (Å²) in [6.07, 6.45) is 0.698. The number of halogens is 1. The van der Waals surface area contributed by atoms with Gasteiger partial charge in [-0.2, -0.15) is 4.52 Å². The number of benzene rings is 1. The molecule has 3 aromatic rings. The first kappa shape index (κ1) is 16.4. The van der Waals surface area contributed by atoms with Crippen molar-refractivity contribution in [2.24, 2.45) is 0 Å². The van der Waals surface area contributed by atoms with Crippen molar-refractivity contribution in [2.75, 3.05) is 26.3 Å². The van der Waals surface area contributed by atoms with E-state index in [0.29, 0.717) is 53.9 Å². The molecule has 1 fully saturated rings. The summed E-state index contributed by atoms with van der Waals surface area (Å²) in [5.41, 5.74) is 0.542. The fourth-order valence-corrected chi connectivity index (χ4v) is 4.28. The van der Waals surface area contributed by atoms with Gasteiger partial charge in [-0.1, -0.05) is 36.5 Å². The summed E-state index contributed by atoms with van der Waals surface area (Å²) >= 11 is 1.36. The van der Waals surface area contributed by atoms with E-state index in [1.807, 2.05) is 13.0 Å². The number of aromatic hydroxyl groups is 1. The molecule has 132 valence electrons. The van der Waals surface area contributed by atoms with Crippen molar-refractivity contribution in [3.8, 4) is 5.88 Å². The van der Waals surface area contributed by atoms with Crippen LogP contribution in [0.5, 0.6) is 5.88 Å². The van der Waals surface area contributed by atoms with E-state index in [9.17, 15) is 9.50 Å². The molecule has 1 aromatic carbocycles. The third-order valence-corrected chi connectivity index (χ3v) is 5.49. The SMILES string of the molecule is CCc1nc2sc([C@H](c3ccccc3F)N3CCOCC3)c(O)n2n1. The maximum Gasteiger partial charge on any atom is 0.230 e. The Morgan fingerprint density at radius 3 is 2.76 bits per heavy atom. The Balaban J connectivity index is 1.84. The molecule has 6 nitrogen and oxygen atoms in total. The second-order valence-corrected chi connectivity index (χ2v) is 6.95. The lowest BCUT2D eigenvalue weighted by molar-refractivity contribution is 0.0235. The molecule has 0 bridgehead atoms. The molecule has 0 spiro atoms. The highest BCUT2D eigenvalue weighted by molar-refractivity contribution is 7.17. The van der Waals surface area contributed by atoms with Crippen LogP contribution in [-0.4, -0.2) is 50.9 Å². The zero-order valence-electron chi connectivity index (χ0n) is 13.9. The first-order valence-corrected chi connectivity index (χ1v) is 9.14. The van der Waals surface area contributed by atoms with Crippen molar-refractivity contribution >= 4 is 16.3 Å². The number of hydrogen-bond donors (Lipinski definition) is 1. The number of aromatic nitrogens is 3. The first-order chi connectivity index (χ1) is 12.2. The summed E-state index contributed by atoms with van der Waals surface area (Å²) in [4.78, 5) is 7.84. The number of hydrogen-bond acceptors (Lipinski definition) is 6. The first-order valence-electron chi connectivity index (χ1n) is 8.32. The minimum Gasteiger partial charge on any atom is -0.492 e. The topological polar surface area (TPSA) is 62.9 Å². The zero-order chi connectivity index (χ0) is 17.4. The Morgan fingerprint density at radius 2 is 2.08 bits per heavy atom. The monoisotopic (exact) mass is 362 g/mol. The molecular weight excluding hydrogens is 343 g/mol. The van der Waals surface area contributed by atoms with Gasteiger partial charge in [0.05, 0.1) is 24.1 Å². The molecule has 0 aliphatic carbocycles. The van der Waals surface area contributed by atoms with Crippen LogP contribution in [0.25, 0.3) is 4.96 Å². The normalized spacial score (nSPS) is 17.2. The van der Waals surface area contributed by atoms with E-state index in [-0.39, 0.29) is 17.7 Å². The number of aryl methyl sites for hydroxylation is 1. The Bertz CT molecular complexity index is 888. The fraction of sp³-hybridized carbons (Fsp3) is 0.412. The summed E-state index contributed by atoms with van der Waals surface area (Å²) in [6.45, 7) is 4.49. The molecule has 1 aliphatic rings. The molecule has 0 amide bonds. The summed E-state index contributed by atoms with van der Waals surface area (Å²) in [5, 5.41) is 15.1. The van der Waals surface area contributed by atoms with E-state index in [2.05, 4.69) is 15.0 Å². The number of fused-ring (bicyclic) bond motifs is 1. The number of thiazole rings is 1. The molecule has 1 saturated heterocycles. The molecule has 8 heteroatoms. The molecule has 0 unspecified atom stereocenters. The molecule has 25 heavy (non-hydrogen) atoms. The third kappa shape index (κ3) is 2.90. The van der Waals surface area contributed by atoms with E-state index in [1.165, 1.54) is 21.9 Å². The summed E-state index contributed by atoms with van der Waals surface area (Å²) < 4.78 is 21.4. The highest BCUT2D eigenvalue weighted by Gasteiger charge is 2.32. The zero-order valence-corrected chi connectivity index (χ0v) is 14.7. The standard InChI is InChI=1S/C17H19FN4O2S/c1-2-13-19-17-22(20-13)16(23)15(25-17)14(21-7-9-24-10-8-21)11-5-3-4-6-12(11)18/h3-6,14,23H,2,7-10H2,1H3/t14-/m0/s1. The van der Waals surface area contributed by atoms with Gasteiger partial charge in [0.1, 0.15) is 5.82 Å². The van der Waals surface area contributed by atoms with Crippen LogP contribution >= 0.6 is 11.3 Å². The van der Waals surface area contributed by atoms with Gasteiger partial charge in [-0.15, -0.1) is 5.10 Å². The molecule has 1 aliphatic heterocycles. The number of nitrogens with zero attached hydrogens (tertiary/aromatic N) is 4. The van der Waals surface area contributed by atoms with Crippen LogP contribution in [0.1, 0.15) is 29.2 Å². The van der Waals surface area contributed by atoms with Gasteiger partial charge in [0.25, 0.3) is 0 Å². The van der Waals surface area contributed by atoms with Crippen molar-refractivity contribution in [1.29, 1.82) is 0 Å². The fourth-order valence-electron chi connectivity index (χ4n) is 3.15. The summed E-state index contributed by atoms with van der Waals surface area (Å²) in [7, 11) is 0. The van der Waals surface area contributed by atoms with Crippen molar-refractivity contribution in [3.05, 3.63) is 46.3 Å². The predicted molar refractivity (Wildman–Crippen MR) is 92.5 cm³/mol. The lowest BCUT2D eigenvalue weighted by Crippen LogP contribution is -2.39. The molecule has 1 atom stereocenters. The molecule has 4 rings (SSSR count). The number of morpholine rings is 1. The second kappa shape index (κ2) is 6.70. The highest BCUT2D eigenvalue weighted by atomic mass is 32.1. The number of ether oxygens (including phenoxy) is 1. The smallest absolute Gasteiger partial charge is 0.230 e. The average molecular weight is 362 g/mol. The molecule has 0 radical (unpaired) electrons. The van der Waals surface area contributed by atoms with Crippen molar-refractivity contribution < 1.29 is 14.2 Å². The van der Waals surface area contributed by atoms with Crippen molar-refractivity contribution in [3.63, 3.8) is 0 Å². The van der Waals surface area contributed by atoms with Crippen LogP contribution in [-0.2, 0) is 11.2 Å². The van der Waals surface area contributed by atoms with E-state index >= 15 is 0 Å². The second-order valence-electron chi connectivity index (χ2n) is 5.94. The Morgan fingerprint density at radius 1 is 1.32 bits per heavy atom. The minimum atomic E-state index is -0.385. The molecule has 0 saturated carbocycles. The van der Waals surface area contributed by atoms with Gasteiger partial charge in [-0.05, 0) is 6.07 Å². The Kier molecular flexibility index (Phi) is 4.41. The third-order valence-electron chi connectivity index (χ3n) is 4.42. The summed E-state index contributed by atoms with van der Waals surface area (Å²) in [5.74, 6) is 0.431. The highest BCUT2D eigenvalue weighted by Crippen LogP contribution is 2.40. The van der Waals surface area contributed by atoms with Gasteiger partial charge in [-0.3, -0.25) is 4.90 Å². The van der Waals surface area contributed by atoms with Gasteiger partial charge < -0.3 is 9.84 Å². The lowest BCUT2D eigenvalue weighted by atomic mass is 10.0. The molecule has 1 N–H and O–H groups in total. The van der Waals surface area contributed by atoms with Crippen LogP contribution in [0.4, 0.5) is 4.39 Å². The van der Waals surface area contributed by atoms with E-state index in [0.717, 1.165) is 0 Å². The van der Waals surface area contributed by atoms with Crippen molar-refractivity contribution in [2.45, 2.75) is 19.4 Å². The van der Waals surface area contributed by atoms with Crippen LogP contribution < -0.4 is 0 Å². The van der Waals surface area contributed by atoms with Crippen LogP contribution in [0.2, 0.25) is 0 Å². The van der Waals surface area contributed by atoms with Gasteiger partial charge in [0.2, 0.25) is 10.8 Å². The van der Waals surface area contributed by atoms with Crippen molar-refractivity contribution in [1.82, 2.24) is 19.5 Å². The van der Waals surface area contributed by atoms with Crippen LogP contribution in [0, 0.1) is 5.82 Å². The van der Waals surface area contributed by atoms with E-state index in [1.54, 1.807) is 12.1 Å². The predicted octanol–water partition coefficient (Wildman–Crippen LogP) is 2.62.